The van der Waals surface area contributed by atoms with E-state index >= 15 is 0 Å². The predicted octanol–water partition coefficient (Wildman–Crippen LogP) is 1.13. The van der Waals surface area contributed by atoms with Gasteiger partial charge in [-0.3, -0.25) is 4.79 Å². The number of primary amides is 1. The van der Waals surface area contributed by atoms with Crippen molar-refractivity contribution in [2.24, 2.45) is 11.7 Å². The van der Waals surface area contributed by atoms with Crippen LogP contribution in [0, 0.1) is 5.92 Å². The molecule has 0 atom stereocenters. The number of esters is 1. The van der Waals surface area contributed by atoms with E-state index in [2.05, 4.69) is 5.32 Å². The average molecular weight is 268 g/mol. The van der Waals surface area contributed by atoms with Crippen molar-refractivity contribution >= 4 is 11.9 Å². The van der Waals surface area contributed by atoms with E-state index in [1.54, 1.807) is 0 Å². The normalized spacial score (nSPS) is 24.0. The molecule has 0 bridgehead atoms. The zero-order chi connectivity index (χ0) is 14.3. The summed E-state index contributed by atoms with van der Waals surface area (Å²) in [7, 11) is 1.39. The highest BCUT2D eigenvalue weighted by atomic mass is 16.5. The molecule has 5 nitrogen and oxygen atoms in total. The molecule has 1 amide bonds. The standard InChI is InChI=1S/C14H24N2O3/c1-3-10(14(18)19-2)8-9-16-12-6-4-11(5-7-12)13(15)17/h8,11-12,16H,3-7,9H2,1-2H3,(H2,15,17). The summed E-state index contributed by atoms with van der Waals surface area (Å²) >= 11 is 0. The second kappa shape index (κ2) is 7.94. The molecule has 108 valence electrons. The van der Waals surface area contributed by atoms with Gasteiger partial charge in [-0.2, -0.15) is 0 Å². The maximum atomic E-state index is 11.4. The predicted molar refractivity (Wildman–Crippen MR) is 73.3 cm³/mol. The van der Waals surface area contributed by atoms with Crippen LogP contribution in [0.4, 0.5) is 0 Å². The Morgan fingerprint density at radius 2 is 1.95 bits per heavy atom. The number of carbonyl (C=O) groups is 2. The Balaban J connectivity index is 2.32. The highest BCUT2D eigenvalue weighted by Gasteiger charge is 2.23. The molecule has 1 aliphatic rings. The minimum Gasteiger partial charge on any atom is -0.466 e. The number of amides is 1. The first-order chi connectivity index (χ1) is 9.08. The molecule has 0 heterocycles. The quantitative estimate of drug-likeness (QED) is 0.559. The van der Waals surface area contributed by atoms with Gasteiger partial charge in [-0.25, -0.2) is 4.79 Å². The van der Waals surface area contributed by atoms with Crippen LogP contribution < -0.4 is 11.1 Å². The smallest absolute Gasteiger partial charge is 0.333 e. The molecule has 3 N–H and O–H groups in total. The second-order valence-corrected chi connectivity index (χ2v) is 4.93. The molecule has 1 saturated carbocycles. The molecule has 0 saturated heterocycles. The van der Waals surface area contributed by atoms with Gasteiger partial charge in [-0.05, 0) is 32.1 Å². The third-order valence-corrected chi connectivity index (χ3v) is 3.71. The molecular weight excluding hydrogens is 244 g/mol. The van der Waals surface area contributed by atoms with E-state index in [1.807, 2.05) is 13.0 Å². The topological polar surface area (TPSA) is 81.4 Å². The molecule has 0 unspecified atom stereocenters. The fourth-order valence-corrected chi connectivity index (χ4v) is 2.43. The lowest BCUT2D eigenvalue weighted by Crippen LogP contribution is -2.36. The van der Waals surface area contributed by atoms with Crippen molar-refractivity contribution in [3.63, 3.8) is 0 Å². The van der Waals surface area contributed by atoms with Gasteiger partial charge in [0.05, 0.1) is 7.11 Å². The second-order valence-electron chi connectivity index (χ2n) is 4.93. The molecular formula is C14H24N2O3. The van der Waals surface area contributed by atoms with E-state index in [4.69, 9.17) is 10.5 Å². The van der Waals surface area contributed by atoms with E-state index in [0.717, 1.165) is 25.7 Å². The Morgan fingerprint density at radius 3 is 2.42 bits per heavy atom. The molecule has 0 radical (unpaired) electrons. The summed E-state index contributed by atoms with van der Waals surface area (Å²) in [6.07, 6.45) is 6.18. The first-order valence-electron chi connectivity index (χ1n) is 6.88. The van der Waals surface area contributed by atoms with Crippen LogP contribution in [0.2, 0.25) is 0 Å². The summed E-state index contributed by atoms with van der Waals surface area (Å²) in [5.41, 5.74) is 5.99. The van der Waals surface area contributed by atoms with Crippen molar-refractivity contribution in [3.8, 4) is 0 Å². The van der Waals surface area contributed by atoms with Crippen LogP contribution in [0.25, 0.3) is 0 Å². The lowest BCUT2D eigenvalue weighted by Gasteiger charge is -2.27. The third-order valence-electron chi connectivity index (χ3n) is 3.71. The van der Waals surface area contributed by atoms with Crippen LogP contribution in [-0.4, -0.2) is 31.6 Å². The largest absolute Gasteiger partial charge is 0.466 e. The van der Waals surface area contributed by atoms with Crippen molar-refractivity contribution in [1.29, 1.82) is 0 Å². The molecule has 19 heavy (non-hydrogen) atoms. The molecule has 0 spiro atoms. The van der Waals surface area contributed by atoms with Crippen molar-refractivity contribution < 1.29 is 14.3 Å². The van der Waals surface area contributed by atoms with E-state index in [-0.39, 0.29) is 17.8 Å². The van der Waals surface area contributed by atoms with Crippen LogP contribution in [0.15, 0.2) is 11.6 Å². The lowest BCUT2D eigenvalue weighted by molar-refractivity contribution is -0.136. The molecule has 5 heteroatoms. The highest BCUT2D eigenvalue weighted by molar-refractivity contribution is 5.88. The van der Waals surface area contributed by atoms with Crippen LogP contribution in [0.3, 0.4) is 0 Å². The summed E-state index contributed by atoms with van der Waals surface area (Å²) in [6, 6.07) is 0.405. The SMILES string of the molecule is CCC(=CCNC1CCC(C(N)=O)CC1)C(=O)OC. The van der Waals surface area contributed by atoms with Crippen molar-refractivity contribution in [2.45, 2.75) is 45.1 Å². The zero-order valence-corrected chi connectivity index (χ0v) is 11.8. The van der Waals surface area contributed by atoms with Gasteiger partial charge < -0.3 is 15.8 Å². The number of rotatable bonds is 6. The summed E-state index contributed by atoms with van der Waals surface area (Å²) in [5, 5.41) is 3.39. The van der Waals surface area contributed by atoms with Crippen molar-refractivity contribution in [1.82, 2.24) is 5.32 Å². The van der Waals surface area contributed by atoms with Crippen molar-refractivity contribution in [3.05, 3.63) is 11.6 Å². The average Bonchev–Trinajstić information content (AvgIpc) is 2.43. The Labute approximate surface area is 114 Å². The summed E-state index contributed by atoms with van der Waals surface area (Å²) in [4.78, 5) is 22.4. The molecule has 0 aromatic rings. The zero-order valence-electron chi connectivity index (χ0n) is 11.8. The van der Waals surface area contributed by atoms with Gasteiger partial charge in [0.1, 0.15) is 0 Å². The molecule has 0 aromatic heterocycles. The minimum atomic E-state index is -0.262. The number of nitrogens with two attached hydrogens (primary N) is 1. The maximum absolute atomic E-state index is 11.4. The molecule has 1 aliphatic carbocycles. The van der Waals surface area contributed by atoms with E-state index in [1.165, 1.54) is 7.11 Å². The number of ether oxygens (including phenoxy) is 1. The Hall–Kier alpha value is -1.36. The van der Waals surface area contributed by atoms with Gasteiger partial charge in [0.2, 0.25) is 5.91 Å². The highest BCUT2D eigenvalue weighted by Crippen LogP contribution is 2.23. The van der Waals surface area contributed by atoms with Crippen LogP contribution >= 0.6 is 0 Å². The lowest BCUT2D eigenvalue weighted by atomic mass is 9.85. The van der Waals surface area contributed by atoms with Crippen molar-refractivity contribution in [2.75, 3.05) is 13.7 Å². The van der Waals surface area contributed by atoms with Crippen LogP contribution in [-0.2, 0) is 14.3 Å². The van der Waals surface area contributed by atoms with Gasteiger partial charge in [-0.1, -0.05) is 13.0 Å². The molecule has 1 fully saturated rings. The Kier molecular flexibility index (Phi) is 6.56. The monoisotopic (exact) mass is 268 g/mol. The van der Waals surface area contributed by atoms with Crippen LogP contribution in [0.1, 0.15) is 39.0 Å². The van der Waals surface area contributed by atoms with Gasteiger partial charge >= 0.3 is 5.97 Å². The first-order valence-corrected chi connectivity index (χ1v) is 6.88. The minimum absolute atomic E-state index is 0.0369. The summed E-state index contributed by atoms with van der Waals surface area (Å²) in [6.45, 7) is 2.59. The van der Waals surface area contributed by atoms with E-state index in [9.17, 15) is 9.59 Å². The van der Waals surface area contributed by atoms with Gasteiger partial charge in [-0.15, -0.1) is 0 Å². The molecule has 0 aromatic carbocycles. The van der Waals surface area contributed by atoms with E-state index < -0.39 is 0 Å². The van der Waals surface area contributed by atoms with Crippen LogP contribution in [0.5, 0.6) is 0 Å². The van der Waals surface area contributed by atoms with Gasteiger partial charge in [0.25, 0.3) is 0 Å². The number of methoxy groups -OCH3 is 1. The van der Waals surface area contributed by atoms with E-state index in [0.29, 0.717) is 24.6 Å². The van der Waals surface area contributed by atoms with Gasteiger partial charge in [0.15, 0.2) is 0 Å². The molecule has 0 aliphatic heterocycles. The van der Waals surface area contributed by atoms with Gasteiger partial charge in [0, 0.05) is 24.1 Å². The maximum Gasteiger partial charge on any atom is 0.333 e. The first kappa shape index (κ1) is 15.7. The number of hydrogen-bond donors (Lipinski definition) is 2. The molecule has 1 rings (SSSR count). The number of carbonyl (C=O) groups excluding carboxylic acids is 2. The fraction of sp³-hybridized carbons (Fsp3) is 0.714. The fourth-order valence-electron chi connectivity index (χ4n) is 2.43. The summed E-state index contributed by atoms with van der Waals surface area (Å²) in [5.74, 6) is -0.408. The Bertz CT molecular complexity index is 345. The number of hydrogen-bond acceptors (Lipinski definition) is 4. The third kappa shape index (κ3) is 5.03. The Morgan fingerprint density at radius 1 is 1.32 bits per heavy atom. The summed E-state index contributed by atoms with van der Waals surface area (Å²) < 4.78 is 4.70. The number of nitrogens with one attached hydrogen (secondary N) is 1.